The average Bonchev–Trinajstić information content (AvgIpc) is 2.42. The molecule has 0 aliphatic carbocycles. The zero-order chi connectivity index (χ0) is 12.8. The van der Waals surface area contributed by atoms with Crippen molar-refractivity contribution in [2.75, 3.05) is 6.54 Å². The van der Waals surface area contributed by atoms with Crippen molar-refractivity contribution < 1.29 is 0 Å². The summed E-state index contributed by atoms with van der Waals surface area (Å²) in [4.78, 5) is 4.32. The number of rotatable bonds is 3. The van der Waals surface area contributed by atoms with Crippen molar-refractivity contribution in [3.05, 3.63) is 70.7 Å². The first-order valence-electron chi connectivity index (χ1n) is 5.54. The molecule has 0 spiro atoms. The van der Waals surface area contributed by atoms with Gasteiger partial charge in [0, 0.05) is 16.1 Å². The van der Waals surface area contributed by atoms with E-state index in [0.717, 1.165) is 16.8 Å². The van der Waals surface area contributed by atoms with Gasteiger partial charge in [0.15, 0.2) is 0 Å². The molecule has 0 saturated heterocycles. The Kier molecular flexibility index (Phi) is 4.11. The molecular formula is C15H11ClN2. The van der Waals surface area contributed by atoms with Crippen LogP contribution >= 0.6 is 11.6 Å². The predicted octanol–water partition coefficient (Wildman–Crippen LogP) is 3.70. The summed E-state index contributed by atoms with van der Waals surface area (Å²) in [6, 6.07) is 19.3. The summed E-state index contributed by atoms with van der Waals surface area (Å²) in [5.74, 6) is 0. The van der Waals surface area contributed by atoms with E-state index in [4.69, 9.17) is 16.9 Å². The maximum Gasteiger partial charge on any atom is 0.126 e. The third-order valence-corrected chi connectivity index (χ3v) is 2.72. The minimum absolute atomic E-state index is 0.146. The third kappa shape index (κ3) is 2.97. The number of benzene rings is 2. The van der Waals surface area contributed by atoms with E-state index < -0.39 is 0 Å². The van der Waals surface area contributed by atoms with Gasteiger partial charge in [0.05, 0.1) is 11.8 Å². The number of hydrogen-bond acceptors (Lipinski definition) is 2. The second-order valence-corrected chi connectivity index (χ2v) is 4.13. The summed E-state index contributed by atoms with van der Waals surface area (Å²) in [6.45, 7) is 0.146. The molecule has 0 N–H and O–H groups in total. The van der Waals surface area contributed by atoms with Gasteiger partial charge >= 0.3 is 0 Å². The zero-order valence-electron chi connectivity index (χ0n) is 9.68. The highest BCUT2D eigenvalue weighted by molar-refractivity contribution is 6.30. The van der Waals surface area contributed by atoms with Crippen molar-refractivity contribution in [3.8, 4) is 6.07 Å². The van der Waals surface area contributed by atoms with Crippen LogP contribution in [0.25, 0.3) is 0 Å². The molecule has 3 heteroatoms. The number of aliphatic imine (C=N–C) groups is 1. The Morgan fingerprint density at radius 3 is 2.22 bits per heavy atom. The molecule has 2 aromatic carbocycles. The van der Waals surface area contributed by atoms with Gasteiger partial charge in [0.1, 0.15) is 6.54 Å². The molecule has 88 valence electrons. The number of hydrogen-bond donors (Lipinski definition) is 0. The van der Waals surface area contributed by atoms with E-state index in [2.05, 4.69) is 4.99 Å². The SMILES string of the molecule is N#CCN=C(c1ccccc1)c1ccc(Cl)cc1. The van der Waals surface area contributed by atoms with Gasteiger partial charge in [-0.05, 0) is 12.1 Å². The van der Waals surface area contributed by atoms with Crippen molar-refractivity contribution in [1.29, 1.82) is 5.26 Å². The molecule has 2 aromatic rings. The maximum atomic E-state index is 8.67. The second-order valence-electron chi connectivity index (χ2n) is 3.70. The first kappa shape index (κ1) is 12.3. The van der Waals surface area contributed by atoms with E-state index in [1.54, 1.807) is 0 Å². The Morgan fingerprint density at radius 2 is 1.61 bits per heavy atom. The molecule has 2 rings (SSSR count). The van der Waals surface area contributed by atoms with E-state index in [-0.39, 0.29) is 6.54 Å². The number of halogens is 1. The van der Waals surface area contributed by atoms with E-state index in [1.807, 2.05) is 60.7 Å². The highest BCUT2D eigenvalue weighted by Crippen LogP contribution is 2.14. The topological polar surface area (TPSA) is 36.1 Å². The van der Waals surface area contributed by atoms with Crippen LogP contribution in [0.15, 0.2) is 59.6 Å². The molecule has 0 amide bonds. The molecule has 0 unspecified atom stereocenters. The fourth-order valence-corrected chi connectivity index (χ4v) is 1.79. The van der Waals surface area contributed by atoms with Gasteiger partial charge < -0.3 is 0 Å². The molecule has 0 radical (unpaired) electrons. The van der Waals surface area contributed by atoms with Crippen LogP contribution < -0.4 is 0 Å². The molecule has 0 atom stereocenters. The molecule has 0 aromatic heterocycles. The van der Waals surface area contributed by atoms with Crippen molar-refractivity contribution >= 4 is 17.3 Å². The Bertz CT molecular complexity index is 580. The summed E-state index contributed by atoms with van der Waals surface area (Å²) in [6.07, 6.45) is 0. The van der Waals surface area contributed by atoms with Gasteiger partial charge in [-0.2, -0.15) is 5.26 Å². The molecule has 0 aliphatic rings. The van der Waals surface area contributed by atoms with Crippen LogP contribution in [0.5, 0.6) is 0 Å². The first-order chi connectivity index (χ1) is 8.81. The Hall–Kier alpha value is -2.11. The lowest BCUT2D eigenvalue weighted by Crippen LogP contribution is -2.03. The molecular weight excluding hydrogens is 244 g/mol. The van der Waals surface area contributed by atoms with Gasteiger partial charge in [-0.25, -0.2) is 0 Å². The van der Waals surface area contributed by atoms with Gasteiger partial charge in [-0.15, -0.1) is 0 Å². The predicted molar refractivity (Wildman–Crippen MR) is 74.0 cm³/mol. The summed E-state index contributed by atoms with van der Waals surface area (Å²) >= 11 is 5.87. The lowest BCUT2D eigenvalue weighted by molar-refractivity contribution is 1.23. The van der Waals surface area contributed by atoms with Crippen LogP contribution in [0, 0.1) is 11.3 Å². The summed E-state index contributed by atoms with van der Waals surface area (Å²) in [5.41, 5.74) is 2.77. The van der Waals surface area contributed by atoms with Crippen molar-refractivity contribution in [2.24, 2.45) is 4.99 Å². The first-order valence-corrected chi connectivity index (χ1v) is 5.92. The van der Waals surface area contributed by atoms with Gasteiger partial charge in [0.25, 0.3) is 0 Å². The minimum atomic E-state index is 0.146. The lowest BCUT2D eigenvalue weighted by Gasteiger charge is -2.06. The molecule has 2 nitrogen and oxygen atoms in total. The molecule has 0 bridgehead atoms. The molecule has 0 fully saturated rings. The highest BCUT2D eigenvalue weighted by atomic mass is 35.5. The minimum Gasteiger partial charge on any atom is -0.269 e. The normalized spacial score (nSPS) is 11.0. The lowest BCUT2D eigenvalue weighted by atomic mass is 10.0. The standard InChI is InChI=1S/C15H11ClN2/c16-14-8-6-13(7-9-14)15(18-11-10-17)12-4-2-1-3-5-12/h1-9H,11H2. The Morgan fingerprint density at radius 1 is 1.00 bits per heavy atom. The van der Waals surface area contributed by atoms with Crippen LogP contribution in [0.3, 0.4) is 0 Å². The van der Waals surface area contributed by atoms with Crippen molar-refractivity contribution in [3.63, 3.8) is 0 Å². The number of nitriles is 1. The van der Waals surface area contributed by atoms with Crippen LogP contribution in [-0.4, -0.2) is 12.3 Å². The fraction of sp³-hybridized carbons (Fsp3) is 0.0667. The second kappa shape index (κ2) is 6.00. The summed E-state index contributed by atoms with van der Waals surface area (Å²) < 4.78 is 0. The summed E-state index contributed by atoms with van der Waals surface area (Å²) in [5, 5.41) is 9.36. The monoisotopic (exact) mass is 254 g/mol. The third-order valence-electron chi connectivity index (χ3n) is 2.47. The Labute approximate surface area is 111 Å². The average molecular weight is 255 g/mol. The molecule has 18 heavy (non-hydrogen) atoms. The van der Waals surface area contributed by atoms with E-state index in [9.17, 15) is 0 Å². The largest absolute Gasteiger partial charge is 0.269 e. The molecule has 0 aliphatic heterocycles. The van der Waals surface area contributed by atoms with E-state index in [0.29, 0.717) is 5.02 Å². The van der Waals surface area contributed by atoms with Crippen LogP contribution in [0.4, 0.5) is 0 Å². The van der Waals surface area contributed by atoms with Crippen LogP contribution in [-0.2, 0) is 0 Å². The molecule has 0 saturated carbocycles. The number of nitrogens with zero attached hydrogens (tertiary/aromatic N) is 2. The quantitative estimate of drug-likeness (QED) is 0.608. The summed E-state index contributed by atoms with van der Waals surface area (Å²) in [7, 11) is 0. The van der Waals surface area contributed by atoms with E-state index in [1.165, 1.54) is 0 Å². The van der Waals surface area contributed by atoms with E-state index >= 15 is 0 Å². The molecule has 0 heterocycles. The zero-order valence-corrected chi connectivity index (χ0v) is 10.4. The van der Waals surface area contributed by atoms with Gasteiger partial charge in [-0.3, -0.25) is 4.99 Å². The van der Waals surface area contributed by atoms with Crippen LogP contribution in [0.1, 0.15) is 11.1 Å². The van der Waals surface area contributed by atoms with Crippen LogP contribution in [0.2, 0.25) is 5.02 Å². The fourth-order valence-electron chi connectivity index (χ4n) is 1.67. The van der Waals surface area contributed by atoms with Gasteiger partial charge in [-0.1, -0.05) is 54.1 Å². The Balaban J connectivity index is 2.44. The maximum absolute atomic E-state index is 8.67. The highest BCUT2D eigenvalue weighted by Gasteiger charge is 2.05. The van der Waals surface area contributed by atoms with Gasteiger partial charge in [0.2, 0.25) is 0 Å². The van der Waals surface area contributed by atoms with Crippen molar-refractivity contribution in [1.82, 2.24) is 0 Å². The van der Waals surface area contributed by atoms with Crippen molar-refractivity contribution in [2.45, 2.75) is 0 Å². The smallest absolute Gasteiger partial charge is 0.126 e.